The quantitative estimate of drug-likeness (QED) is 0.386. The van der Waals surface area contributed by atoms with E-state index in [-0.39, 0.29) is 0 Å². The molecule has 0 saturated heterocycles. The van der Waals surface area contributed by atoms with E-state index >= 15 is 0 Å². The van der Waals surface area contributed by atoms with Crippen LogP contribution in [0, 0.1) is 6.92 Å². The molecule has 1 aromatic heterocycles. The van der Waals surface area contributed by atoms with Crippen molar-refractivity contribution in [2.24, 2.45) is 5.84 Å². The molecular weight excluding hydrogens is 250 g/mol. The minimum absolute atomic E-state index is 0.642. The summed E-state index contributed by atoms with van der Waals surface area (Å²) in [6.45, 7) is 4.65. The first-order valence-corrected chi connectivity index (χ1v) is 7.69. The number of hydrazine groups is 1. The molecule has 102 valence electrons. The Labute approximate surface area is 110 Å². The first kappa shape index (κ1) is 14.8. The van der Waals surface area contributed by atoms with Crippen molar-refractivity contribution in [3.8, 4) is 0 Å². The second-order valence-electron chi connectivity index (χ2n) is 4.02. The molecule has 4 N–H and O–H groups in total. The maximum atomic E-state index is 11.0. The normalized spacial score (nSPS) is 12.2. The minimum atomic E-state index is -0.746. The topological polar surface area (TPSA) is 92.9 Å². The first-order chi connectivity index (χ1) is 8.58. The molecule has 0 bridgehead atoms. The van der Waals surface area contributed by atoms with Gasteiger partial charge in [0.1, 0.15) is 17.5 Å². The van der Waals surface area contributed by atoms with Crippen molar-refractivity contribution < 1.29 is 4.21 Å². The number of nitrogens with zero attached hydrogens (tertiary/aromatic N) is 2. The van der Waals surface area contributed by atoms with Crippen LogP contribution in [0.25, 0.3) is 0 Å². The maximum Gasteiger partial charge on any atom is 0.148 e. The van der Waals surface area contributed by atoms with Gasteiger partial charge in [-0.25, -0.2) is 15.8 Å². The molecule has 1 rings (SSSR count). The highest BCUT2D eigenvalue weighted by Crippen LogP contribution is 2.19. The van der Waals surface area contributed by atoms with Crippen molar-refractivity contribution in [2.45, 2.75) is 26.7 Å². The van der Waals surface area contributed by atoms with Gasteiger partial charge in [0.05, 0.1) is 0 Å². The molecule has 7 heteroatoms. The fraction of sp³-hybridized carbons (Fsp3) is 0.636. The summed E-state index contributed by atoms with van der Waals surface area (Å²) >= 11 is 0. The number of rotatable bonds is 7. The van der Waals surface area contributed by atoms with Gasteiger partial charge in [-0.1, -0.05) is 6.92 Å². The summed E-state index contributed by atoms with van der Waals surface area (Å²) in [5.74, 6) is 8.30. The molecule has 1 atom stereocenters. The molecule has 0 spiro atoms. The van der Waals surface area contributed by atoms with Crippen molar-refractivity contribution >= 4 is 22.4 Å². The predicted octanol–water partition coefficient (Wildman–Crippen LogP) is 0.814. The fourth-order valence-corrected chi connectivity index (χ4v) is 2.07. The molecule has 1 unspecified atom stereocenters. The number of nitrogens with one attached hydrogen (secondary N) is 2. The van der Waals surface area contributed by atoms with Crippen LogP contribution in [-0.2, 0) is 17.2 Å². The van der Waals surface area contributed by atoms with Gasteiger partial charge in [-0.05, 0) is 13.3 Å². The molecule has 0 radical (unpaired) electrons. The monoisotopic (exact) mass is 271 g/mol. The van der Waals surface area contributed by atoms with Gasteiger partial charge in [0.2, 0.25) is 0 Å². The Hall–Kier alpha value is -1.21. The summed E-state index contributed by atoms with van der Waals surface area (Å²) < 4.78 is 11.0. The second kappa shape index (κ2) is 7.27. The maximum absolute atomic E-state index is 11.0. The molecule has 0 aliphatic carbocycles. The van der Waals surface area contributed by atoms with Crippen LogP contribution in [-0.4, -0.2) is 32.7 Å². The third-order valence-corrected chi connectivity index (χ3v) is 3.41. The molecular formula is C11H21N5OS. The van der Waals surface area contributed by atoms with Crippen LogP contribution in [0.15, 0.2) is 0 Å². The Morgan fingerprint density at radius 1 is 1.33 bits per heavy atom. The highest BCUT2D eigenvalue weighted by Gasteiger charge is 2.08. The largest absolute Gasteiger partial charge is 0.370 e. The summed E-state index contributed by atoms with van der Waals surface area (Å²) in [5, 5.41) is 3.24. The summed E-state index contributed by atoms with van der Waals surface area (Å²) in [7, 11) is -0.746. The van der Waals surface area contributed by atoms with Crippen LogP contribution in [0.3, 0.4) is 0 Å². The lowest BCUT2D eigenvalue weighted by Crippen LogP contribution is -2.15. The van der Waals surface area contributed by atoms with E-state index in [2.05, 4.69) is 20.7 Å². The van der Waals surface area contributed by atoms with Crippen LogP contribution in [0.1, 0.15) is 24.7 Å². The zero-order chi connectivity index (χ0) is 13.5. The Bertz CT molecular complexity index is 424. The SMILES string of the molecule is CCc1nc(NN)c(C)c(NCCCS(C)=O)n1. The zero-order valence-electron chi connectivity index (χ0n) is 11.1. The molecule has 0 saturated carbocycles. The van der Waals surface area contributed by atoms with Gasteiger partial charge >= 0.3 is 0 Å². The lowest BCUT2D eigenvalue weighted by molar-refractivity contribution is 0.685. The Balaban J connectivity index is 2.71. The van der Waals surface area contributed by atoms with Crippen molar-refractivity contribution in [1.29, 1.82) is 0 Å². The van der Waals surface area contributed by atoms with Crippen LogP contribution in [0.4, 0.5) is 11.6 Å². The molecule has 0 aliphatic rings. The van der Waals surface area contributed by atoms with Crippen LogP contribution >= 0.6 is 0 Å². The summed E-state index contributed by atoms with van der Waals surface area (Å²) in [5.41, 5.74) is 3.47. The number of anilines is 2. The summed E-state index contributed by atoms with van der Waals surface area (Å²) in [6, 6.07) is 0. The van der Waals surface area contributed by atoms with Gasteiger partial charge in [-0.3, -0.25) is 4.21 Å². The van der Waals surface area contributed by atoms with Crippen molar-refractivity contribution in [2.75, 3.05) is 29.3 Å². The standard InChI is InChI=1S/C11H21N5OS/c1-4-9-14-10(8(2)11(15-9)16-12)13-6-5-7-18(3)17/h4-7,12H2,1-3H3,(H2,13,14,15,16). The first-order valence-electron chi connectivity index (χ1n) is 5.96. The second-order valence-corrected chi connectivity index (χ2v) is 5.57. The Morgan fingerprint density at radius 3 is 2.56 bits per heavy atom. The van der Waals surface area contributed by atoms with E-state index in [0.717, 1.165) is 36.6 Å². The van der Waals surface area contributed by atoms with E-state index in [1.165, 1.54) is 0 Å². The van der Waals surface area contributed by atoms with E-state index in [1.807, 2.05) is 13.8 Å². The average molecular weight is 271 g/mol. The highest BCUT2D eigenvalue weighted by atomic mass is 32.2. The molecule has 6 nitrogen and oxygen atoms in total. The van der Waals surface area contributed by atoms with Gasteiger partial charge in [0.25, 0.3) is 0 Å². The van der Waals surface area contributed by atoms with Crippen molar-refractivity contribution in [3.05, 3.63) is 11.4 Å². The Kier molecular flexibility index (Phi) is 6.00. The van der Waals surface area contributed by atoms with Crippen LogP contribution in [0.5, 0.6) is 0 Å². The van der Waals surface area contributed by atoms with E-state index in [0.29, 0.717) is 11.6 Å². The van der Waals surface area contributed by atoms with Crippen LogP contribution in [0.2, 0.25) is 0 Å². The molecule has 0 fully saturated rings. The minimum Gasteiger partial charge on any atom is -0.370 e. The number of hydrogen-bond donors (Lipinski definition) is 3. The molecule has 1 heterocycles. The predicted molar refractivity (Wildman–Crippen MR) is 76.0 cm³/mol. The van der Waals surface area contributed by atoms with Gasteiger partial charge < -0.3 is 10.7 Å². The average Bonchev–Trinajstić information content (AvgIpc) is 2.36. The number of hydrogen-bond acceptors (Lipinski definition) is 6. The summed E-state index contributed by atoms with van der Waals surface area (Å²) in [6.07, 6.45) is 3.31. The van der Waals surface area contributed by atoms with Gasteiger partial charge in [-0.15, -0.1) is 0 Å². The molecule has 0 aromatic carbocycles. The van der Waals surface area contributed by atoms with Gasteiger partial charge in [0, 0.05) is 41.3 Å². The lowest BCUT2D eigenvalue weighted by atomic mass is 10.3. The molecule has 0 aliphatic heterocycles. The molecule has 0 amide bonds. The van der Waals surface area contributed by atoms with Crippen molar-refractivity contribution in [1.82, 2.24) is 9.97 Å². The van der Waals surface area contributed by atoms with E-state index in [4.69, 9.17) is 5.84 Å². The number of aryl methyl sites for hydroxylation is 1. The third kappa shape index (κ3) is 4.23. The zero-order valence-corrected chi connectivity index (χ0v) is 11.9. The molecule has 18 heavy (non-hydrogen) atoms. The third-order valence-electron chi connectivity index (χ3n) is 2.55. The van der Waals surface area contributed by atoms with Crippen LogP contribution < -0.4 is 16.6 Å². The highest BCUT2D eigenvalue weighted by molar-refractivity contribution is 7.84. The number of aromatic nitrogens is 2. The number of nitrogen functional groups attached to an aromatic ring is 1. The fourth-order valence-electron chi connectivity index (χ4n) is 1.52. The van der Waals surface area contributed by atoms with E-state index in [1.54, 1.807) is 6.26 Å². The summed E-state index contributed by atoms with van der Waals surface area (Å²) in [4.78, 5) is 8.71. The smallest absolute Gasteiger partial charge is 0.148 e. The van der Waals surface area contributed by atoms with Gasteiger partial charge in [-0.2, -0.15) is 0 Å². The van der Waals surface area contributed by atoms with Crippen molar-refractivity contribution in [3.63, 3.8) is 0 Å². The van der Waals surface area contributed by atoms with E-state index < -0.39 is 10.8 Å². The lowest BCUT2D eigenvalue weighted by Gasteiger charge is -2.12. The molecule has 1 aromatic rings. The number of nitrogens with two attached hydrogens (primary N) is 1. The Morgan fingerprint density at radius 2 is 2.00 bits per heavy atom. The van der Waals surface area contributed by atoms with E-state index in [9.17, 15) is 4.21 Å². The van der Waals surface area contributed by atoms with Gasteiger partial charge in [0.15, 0.2) is 0 Å².